The SMILES string of the molecule is C=C(C)CN(CC)c1ccnc(N)n1. The lowest BCUT2D eigenvalue weighted by atomic mass is 10.3. The molecule has 0 aliphatic carbocycles. The van der Waals surface area contributed by atoms with Gasteiger partial charge in [-0.2, -0.15) is 4.98 Å². The van der Waals surface area contributed by atoms with Gasteiger partial charge in [0, 0.05) is 19.3 Å². The molecule has 0 aliphatic rings. The molecule has 76 valence electrons. The van der Waals surface area contributed by atoms with Crippen LogP contribution in [0.5, 0.6) is 0 Å². The summed E-state index contributed by atoms with van der Waals surface area (Å²) in [6.45, 7) is 9.62. The summed E-state index contributed by atoms with van der Waals surface area (Å²) in [4.78, 5) is 10.1. The lowest BCUT2D eigenvalue weighted by Gasteiger charge is -2.21. The van der Waals surface area contributed by atoms with Crippen LogP contribution in [-0.2, 0) is 0 Å². The molecule has 1 heterocycles. The van der Waals surface area contributed by atoms with Crippen LogP contribution in [0.4, 0.5) is 11.8 Å². The zero-order valence-corrected chi connectivity index (χ0v) is 8.70. The largest absolute Gasteiger partial charge is 0.368 e. The molecule has 1 aromatic heterocycles. The van der Waals surface area contributed by atoms with Crippen molar-refractivity contribution in [1.82, 2.24) is 9.97 Å². The highest BCUT2D eigenvalue weighted by atomic mass is 15.2. The van der Waals surface area contributed by atoms with Gasteiger partial charge in [-0.1, -0.05) is 12.2 Å². The predicted molar refractivity (Wildman–Crippen MR) is 59.1 cm³/mol. The molecule has 0 aliphatic heterocycles. The summed E-state index contributed by atoms with van der Waals surface area (Å²) in [6, 6.07) is 1.85. The minimum atomic E-state index is 0.308. The summed E-state index contributed by atoms with van der Waals surface area (Å²) in [5, 5.41) is 0. The number of hydrogen-bond donors (Lipinski definition) is 1. The number of aromatic nitrogens is 2. The van der Waals surface area contributed by atoms with Crippen LogP contribution in [0.15, 0.2) is 24.4 Å². The molecule has 0 saturated heterocycles. The Morgan fingerprint density at radius 3 is 2.86 bits per heavy atom. The molecule has 0 amide bonds. The minimum Gasteiger partial charge on any atom is -0.368 e. The van der Waals surface area contributed by atoms with E-state index in [1.54, 1.807) is 6.20 Å². The Morgan fingerprint density at radius 2 is 2.36 bits per heavy atom. The van der Waals surface area contributed by atoms with Gasteiger partial charge < -0.3 is 10.6 Å². The van der Waals surface area contributed by atoms with Gasteiger partial charge in [-0.15, -0.1) is 0 Å². The third-order valence-corrected chi connectivity index (χ3v) is 1.83. The van der Waals surface area contributed by atoms with Gasteiger partial charge in [-0.3, -0.25) is 0 Å². The zero-order valence-electron chi connectivity index (χ0n) is 8.70. The highest BCUT2D eigenvalue weighted by Gasteiger charge is 2.05. The van der Waals surface area contributed by atoms with E-state index in [9.17, 15) is 0 Å². The van der Waals surface area contributed by atoms with Gasteiger partial charge in [0.25, 0.3) is 0 Å². The van der Waals surface area contributed by atoms with Crippen LogP contribution in [0, 0.1) is 0 Å². The zero-order chi connectivity index (χ0) is 10.6. The van der Waals surface area contributed by atoms with Crippen molar-refractivity contribution in [3.05, 3.63) is 24.4 Å². The van der Waals surface area contributed by atoms with Crippen LogP contribution >= 0.6 is 0 Å². The first kappa shape index (κ1) is 10.5. The molecule has 4 nitrogen and oxygen atoms in total. The number of rotatable bonds is 4. The van der Waals surface area contributed by atoms with Crippen LogP contribution in [0.25, 0.3) is 0 Å². The molecule has 0 unspecified atom stereocenters. The second-order valence-corrected chi connectivity index (χ2v) is 3.24. The Hall–Kier alpha value is -1.58. The first-order valence-corrected chi connectivity index (χ1v) is 4.61. The summed E-state index contributed by atoms with van der Waals surface area (Å²) < 4.78 is 0. The normalized spacial score (nSPS) is 9.86. The molecule has 0 atom stereocenters. The van der Waals surface area contributed by atoms with Gasteiger partial charge in [0.1, 0.15) is 5.82 Å². The highest BCUT2D eigenvalue weighted by molar-refractivity contribution is 5.41. The van der Waals surface area contributed by atoms with Crippen molar-refractivity contribution < 1.29 is 0 Å². The molecular weight excluding hydrogens is 176 g/mol. The Balaban J connectivity index is 2.83. The Bertz CT molecular complexity index is 322. The van der Waals surface area contributed by atoms with E-state index in [1.165, 1.54) is 0 Å². The van der Waals surface area contributed by atoms with E-state index in [0.717, 1.165) is 24.5 Å². The number of nitrogen functional groups attached to an aromatic ring is 1. The molecule has 14 heavy (non-hydrogen) atoms. The van der Waals surface area contributed by atoms with Crippen molar-refractivity contribution in [1.29, 1.82) is 0 Å². The molecule has 0 fully saturated rings. The molecule has 0 saturated carbocycles. The second-order valence-electron chi connectivity index (χ2n) is 3.24. The standard InChI is InChI=1S/C10H16N4/c1-4-14(7-8(2)3)9-5-6-12-10(11)13-9/h5-6H,2,4,7H2,1,3H3,(H2,11,12,13). The molecule has 0 bridgehead atoms. The van der Waals surface area contributed by atoms with Gasteiger partial charge in [0.05, 0.1) is 0 Å². The third kappa shape index (κ3) is 2.73. The maximum absolute atomic E-state index is 5.51. The van der Waals surface area contributed by atoms with Crippen LogP contribution in [0.1, 0.15) is 13.8 Å². The summed E-state index contributed by atoms with van der Waals surface area (Å²) in [5.74, 6) is 1.16. The maximum Gasteiger partial charge on any atom is 0.221 e. The summed E-state index contributed by atoms with van der Waals surface area (Å²) in [7, 11) is 0. The average Bonchev–Trinajstić information content (AvgIpc) is 2.14. The second kappa shape index (κ2) is 4.60. The van der Waals surface area contributed by atoms with Crippen LogP contribution in [0.2, 0.25) is 0 Å². The van der Waals surface area contributed by atoms with E-state index in [2.05, 4.69) is 28.4 Å². The third-order valence-electron chi connectivity index (χ3n) is 1.83. The summed E-state index contributed by atoms with van der Waals surface area (Å²) in [5.41, 5.74) is 6.61. The average molecular weight is 192 g/mol. The number of likely N-dealkylation sites (N-methyl/N-ethyl adjacent to an activating group) is 1. The van der Waals surface area contributed by atoms with Crippen molar-refractivity contribution >= 4 is 11.8 Å². The molecule has 1 rings (SSSR count). The maximum atomic E-state index is 5.51. The molecule has 1 aromatic rings. The van der Waals surface area contributed by atoms with Gasteiger partial charge in [-0.25, -0.2) is 4.98 Å². The van der Waals surface area contributed by atoms with E-state index in [0.29, 0.717) is 5.95 Å². The first-order valence-electron chi connectivity index (χ1n) is 4.61. The van der Waals surface area contributed by atoms with E-state index >= 15 is 0 Å². The number of nitrogens with zero attached hydrogens (tertiary/aromatic N) is 3. The Kier molecular flexibility index (Phi) is 3.45. The van der Waals surface area contributed by atoms with Gasteiger partial charge in [0.15, 0.2) is 0 Å². The van der Waals surface area contributed by atoms with Crippen molar-refractivity contribution in [3.63, 3.8) is 0 Å². The molecule has 0 radical (unpaired) electrons. The molecule has 0 spiro atoms. The van der Waals surface area contributed by atoms with Gasteiger partial charge in [-0.05, 0) is 19.9 Å². The highest BCUT2D eigenvalue weighted by Crippen LogP contribution is 2.11. The molecule has 4 heteroatoms. The van der Waals surface area contributed by atoms with E-state index in [-0.39, 0.29) is 0 Å². The summed E-state index contributed by atoms with van der Waals surface area (Å²) in [6.07, 6.45) is 1.67. The lowest BCUT2D eigenvalue weighted by Crippen LogP contribution is -2.25. The fraction of sp³-hybridized carbons (Fsp3) is 0.400. The van der Waals surface area contributed by atoms with Gasteiger partial charge in [0.2, 0.25) is 5.95 Å². The lowest BCUT2D eigenvalue weighted by molar-refractivity contribution is 0.856. The van der Waals surface area contributed by atoms with Gasteiger partial charge >= 0.3 is 0 Å². The number of hydrogen-bond acceptors (Lipinski definition) is 4. The number of nitrogens with two attached hydrogens (primary N) is 1. The summed E-state index contributed by atoms with van der Waals surface area (Å²) >= 11 is 0. The van der Waals surface area contributed by atoms with Crippen molar-refractivity contribution in [2.75, 3.05) is 23.7 Å². The monoisotopic (exact) mass is 192 g/mol. The predicted octanol–water partition coefficient (Wildman–Crippen LogP) is 1.46. The smallest absolute Gasteiger partial charge is 0.221 e. The van der Waals surface area contributed by atoms with Crippen LogP contribution in [-0.4, -0.2) is 23.1 Å². The fourth-order valence-corrected chi connectivity index (χ4v) is 1.22. The van der Waals surface area contributed by atoms with E-state index in [1.807, 2.05) is 13.0 Å². The van der Waals surface area contributed by atoms with E-state index < -0.39 is 0 Å². The van der Waals surface area contributed by atoms with Crippen LogP contribution < -0.4 is 10.6 Å². The number of anilines is 2. The Labute approximate surface area is 84.5 Å². The van der Waals surface area contributed by atoms with Crippen molar-refractivity contribution in [2.45, 2.75) is 13.8 Å². The fourth-order valence-electron chi connectivity index (χ4n) is 1.22. The van der Waals surface area contributed by atoms with E-state index in [4.69, 9.17) is 5.73 Å². The van der Waals surface area contributed by atoms with Crippen molar-refractivity contribution in [2.24, 2.45) is 0 Å². The molecular formula is C10H16N4. The first-order chi connectivity index (χ1) is 6.63. The van der Waals surface area contributed by atoms with Crippen LogP contribution in [0.3, 0.4) is 0 Å². The molecule has 2 N–H and O–H groups in total. The quantitative estimate of drug-likeness (QED) is 0.734. The van der Waals surface area contributed by atoms with Crippen molar-refractivity contribution in [3.8, 4) is 0 Å². The Morgan fingerprint density at radius 1 is 1.64 bits per heavy atom. The minimum absolute atomic E-state index is 0.308. The topological polar surface area (TPSA) is 55.0 Å². The molecule has 0 aromatic carbocycles.